The van der Waals surface area contributed by atoms with Crippen molar-refractivity contribution in [1.82, 2.24) is 29.7 Å². The molecule has 6 rings (SSSR count). The van der Waals surface area contributed by atoms with Crippen LogP contribution in [-0.4, -0.2) is 55.0 Å². The maximum Gasteiger partial charge on any atom is 0.410 e. The van der Waals surface area contributed by atoms with Crippen molar-refractivity contribution in [2.24, 2.45) is 0 Å². The summed E-state index contributed by atoms with van der Waals surface area (Å²) in [5, 5.41) is 0. The van der Waals surface area contributed by atoms with E-state index in [2.05, 4.69) is 19.9 Å². The fraction of sp³-hybridized carbons (Fsp3) is 0.189. The summed E-state index contributed by atoms with van der Waals surface area (Å²) in [6.07, 6.45) is 4.78. The molecular weight excluding hydrogens is 657 g/mol. The van der Waals surface area contributed by atoms with E-state index in [1.54, 1.807) is 39.4 Å². The van der Waals surface area contributed by atoms with Crippen LogP contribution in [0.15, 0.2) is 121 Å². The van der Waals surface area contributed by atoms with Crippen LogP contribution >= 0.6 is 22.7 Å². The van der Waals surface area contributed by atoms with E-state index in [9.17, 15) is 9.59 Å². The maximum atomic E-state index is 13.7. The molecule has 0 aliphatic rings. The SMILES string of the molecule is O=C(OCc1cncs1)N(CCCN(Cc1ccc(-c2ccccn2)cc1)C(=O)OCc1scnc1-c1ccccn1)Cc1ccccc1. The standard InChI is InChI=1S/C37H34N6O4S2/c44-36(46-24-31-21-38-26-48-31)42(22-28-9-2-1-3-10-28)19-8-20-43(23-29-13-15-30(16-14-29)32-11-4-6-17-39-32)37(45)47-25-34-35(41-27-49-34)33-12-5-7-18-40-33/h1-7,9-18,21,26-27H,8,19-20,22-25H2. The lowest BCUT2D eigenvalue weighted by Crippen LogP contribution is -2.36. The van der Waals surface area contributed by atoms with Crippen molar-refractivity contribution in [2.45, 2.75) is 32.7 Å². The summed E-state index contributed by atoms with van der Waals surface area (Å²) in [7, 11) is 0. The summed E-state index contributed by atoms with van der Waals surface area (Å²) >= 11 is 2.85. The monoisotopic (exact) mass is 690 g/mol. The number of nitrogens with zero attached hydrogens (tertiary/aromatic N) is 6. The summed E-state index contributed by atoms with van der Waals surface area (Å²) in [6, 6.07) is 29.2. The normalized spacial score (nSPS) is 10.8. The van der Waals surface area contributed by atoms with Crippen LogP contribution in [0.3, 0.4) is 0 Å². The second-order valence-corrected chi connectivity index (χ2v) is 12.9. The molecule has 0 saturated heterocycles. The van der Waals surface area contributed by atoms with Gasteiger partial charge in [0.25, 0.3) is 0 Å². The van der Waals surface area contributed by atoms with Crippen LogP contribution in [0.1, 0.15) is 27.3 Å². The Balaban J connectivity index is 1.14. The lowest BCUT2D eigenvalue weighted by molar-refractivity contribution is 0.0850. The molecule has 49 heavy (non-hydrogen) atoms. The van der Waals surface area contributed by atoms with Gasteiger partial charge in [-0.1, -0.05) is 66.7 Å². The summed E-state index contributed by atoms with van der Waals surface area (Å²) in [5.41, 5.74) is 8.63. The van der Waals surface area contributed by atoms with Gasteiger partial charge in [-0.2, -0.15) is 0 Å². The van der Waals surface area contributed by atoms with E-state index in [-0.39, 0.29) is 13.2 Å². The Kier molecular flexibility index (Phi) is 11.7. The van der Waals surface area contributed by atoms with Gasteiger partial charge in [0.2, 0.25) is 0 Å². The van der Waals surface area contributed by atoms with Crippen LogP contribution in [0.2, 0.25) is 0 Å². The highest BCUT2D eigenvalue weighted by molar-refractivity contribution is 7.10. The van der Waals surface area contributed by atoms with E-state index in [0.29, 0.717) is 38.3 Å². The Morgan fingerprint density at radius 2 is 1.27 bits per heavy atom. The van der Waals surface area contributed by atoms with Crippen LogP contribution in [0.5, 0.6) is 0 Å². The molecule has 0 fully saturated rings. The third-order valence-corrected chi connectivity index (χ3v) is 9.13. The van der Waals surface area contributed by atoms with Crippen molar-refractivity contribution >= 4 is 34.9 Å². The van der Waals surface area contributed by atoms with E-state index >= 15 is 0 Å². The largest absolute Gasteiger partial charge is 0.444 e. The number of thiazole rings is 2. The minimum atomic E-state index is -0.462. The molecule has 0 bridgehead atoms. The summed E-state index contributed by atoms with van der Waals surface area (Å²) in [4.78, 5) is 49.3. The molecule has 248 valence electrons. The summed E-state index contributed by atoms with van der Waals surface area (Å²) < 4.78 is 11.5. The Morgan fingerprint density at radius 3 is 1.90 bits per heavy atom. The highest BCUT2D eigenvalue weighted by atomic mass is 32.1. The average molecular weight is 691 g/mol. The predicted molar refractivity (Wildman–Crippen MR) is 189 cm³/mol. The highest BCUT2D eigenvalue weighted by Crippen LogP contribution is 2.25. The van der Waals surface area contributed by atoms with Gasteiger partial charge in [-0.3, -0.25) is 15.0 Å². The molecule has 4 heterocycles. The fourth-order valence-corrected chi connectivity index (χ4v) is 6.29. The number of ether oxygens (including phenoxy) is 2. The Bertz CT molecular complexity index is 1890. The summed E-state index contributed by atoms with van der Waals surface area (Å²) in [6.45, 7) is 1.64. The van der Waals surface area contributed by atoms with Crippen molar-refractivity contribution in [3.8, 4) is 22.6 Å². The molecule has 0 atom stereocenters. The lowest BCUT2D eigenvalue weighted by Gasteiger charge is -2.26. The molecule has 4 aromatic heterocycles. The molecule has 0 saturated carbocycles. The van der Waals surface area contributed by atoms with Crippen LogP contribution in [0.25, 0.3) is 22.6 Å². The van der Waals surface area contributed by atoms with E-state index in [4.69, 9.17) is 9.47 Å². The molecule has 2 aromatic carbocycles. The van der Waals surface area contributed by atoms with Crippen LogP contribution in [0, 0.1) is 0 Å². The minimum absolute atomic E-state index is 0.0640. The minimum Gasteiger partial charge on any atom is -0.444 e. The molecule has 2 amide bonds. The first-order valence-electron chi connectivity index (χ1n) is 15.7. The molecule has 0 aliphatic heterocycles. The lowest BCUT2D eigenvalue weighted by atomic mass is 10.1. The number of hydrogen-bond donors (Lipinski definition) is 0. The van der Waals surface area contributed by atoms with Crippen molar-refractivity contribution in [3.05, 3.63) is 141 Å². The molecule has 0 aliphatic carbocycles. The molecule has 0 N–H and O–H groups in total. The zero-order valence-corrected chi connectivity index (χ0v) is 28.3. The zero-order chi connectivity index (χ0) is 33.7. The average Bonchev–Trinajstić information content (AvgIpc) is 3.86. The molecule has 10 nitrogen and oxygen atoms in total. The van der Waals surface area contributed by atoms with Gasteiger partial charge < -0.3 is 19.3 Å². The molecular formula is C37H34N6O4S2. The topological polar surface area (TPSA) is 111 Å². The number of carbonyl (C=O) groups excluding carboxylic acids is 2. The molecule has 0 spiro atoms. The number of hydrogen-bond acceptors (Lipinski definition) is 10. The van der Waals surface area contributed by atoms with Gasteiger partial charge in [0, 0.05) is 50.3 Å². The predicted octanol–water partition coefficient (Wildman–Crippen LogP) is 8.09. The third kappa shape index (κ3) is 9.55. The maximum absolute atomic E-state index is 13.7. The van der Waals surface area contributed by atoms with Crippen LogP contribution < -0.4 is 0 Å². The van der Waals surface area contributed by atoms with E-state index < -0.39 is 12.2 Å². The quantitative estimate of drug-likeness (QED) is 0.113. The smallest absolute Gasteiger partial charge is 0.410 e. The molecule has 12 heteroatoms. The van der Waals surface area contributed by atoms with Gasteiger partial charge in [-0.05, 0) is 41.8 Å². The van der Waals surface area contributed by atoms with Crippen molar-refractivity contribution < 1.29 is 19.1 Å². The number of pyridine rings is 2. The molecule has 6 aromatic rings. The van der Waals surface area contributed by atoms with E-state index in [1.807, 2.05) is 91.0 Å². The third-order valence-electron chi connectivity index (χ3n) is 7.57. The number of amides is 2. The number of carbonyl (C=O) groups is 2. The van der Waals surface area contributed by atoms with Crippen molar-refractivity contribution in [2.75, 3.05) is 13.1 Å². The fourth-order valence-electron chi connectivity index (χ4n) is 5.10. The van der Waals surface area contributed by atoms with E-state index in [1.165, 1.54) is 22.7 Å². The van der Waals surface area contributed by atoms with Gasteiger partial charge in [-0.15, -0.1) is 22.7 Å². The second-order valence-electron chi connectivity index (χ2n) is 11.0. The first kappa shape index (κ1) is 33.4. The Labute approximate surface area is 292 Å². The second kappa shape index (κ2) is 17.1. The van der Waals surface area contributed by atoms with Crippen LogP contribution in [-0.2, 0) is 35.8 Å². The first-order chi connectivity index (χ1) is 24.1. The van der Waals surface area contributed by atoms with Gasteiger partial charge >= 0.3 is 12.2 Å². The molecule has 0 radical (unpaired) electrons. The number of aromatic nitrogens is 4. The Hall–Kier alpha value is -5.46. The van der Waals surface area contributed by atoms with Crippen LogP contribution in [0.4, 0.5) is 9.59 Å². The van der Waals surface area contributed by atoms with Crippen molar-refractivity contribution in [1.29, 1.82) is 0 Å². The van der Waals surface area contributed by atoms with Gasteiger partial charge in [0.05, 0.1) is 32.2 Å². The summed E-state index contributed by atoms with van der Waals surface area (Å²) in [5.74, 6) is 0. The zero-order valence-electron chi connectivity index (χ0n) is 26.6. The first-order valence-corrected chi connectivity index (χ1v) is 17.5. The van der Waals surface area contributed by atoms with E-state index in [0.717, 1.165) is 37.8 Å². The molecule has 0 unspecified atom stereocenters. The van der Waals surface area contributed by atoms with Gasteiger partial charge in [0.15, 0.2) is 0 Å². The van der Waals surface area contributed by atoms with Gasteiger partial charge in [-0.25, -0.2) is 14.6 Å². The number of rotatable bonds is 14. The number of benzene rings is 2. The Morgan fingerprint density at radius 1 is 0.633 bits per heavy atom. The van der Waals surface area contributed by atoms with Crippen molar-refractivity contribution in [3.63, 3.8) is 0 Å². The van der Waals surface area contributed by atoms with Gasteiger partial charge in [0.1, 0.15) is 18.9 Å². The highest BCUT2D eigenvalue weighted by Gasteiger charge is 2.21.